The topological polar surface area (TPSA) is 60.7 Å². The maximum Gasteiger partial charge on any atom is 0.341 e. The number of ether oxygens (including phenoxy) is 2. The van der Waals surface area contributed by atoms with E-state index < -0.39 is 0 Å². The molecule has 1 N–H and O–H groups in total. The number of hydrogen-bond acceptors (Lipinski definition) is 5. The van der Waals surface area contributed by atoms with Crippen LogP contribution in [0.1, 0.15) is 35.9 Å². The third-order valence-corrected chi connectivity index (χ3v) is 2.36. The average Bonchev–Trinajstić information content (AvgIpc) is 2.85. The van der Waals surface area contributed by atoms with Gasteiger partial charge in [-0.05, 0) is 25.5 Å². The molecule has 0 saturated carbocycles. The molecule has 0 aromatic carbocycles. The van der Waals surface area contributed by atoms with Crippen LogP contribution in [0.4, 0.5) is 0 Å². The van der Waals surface area contributed by atoms with Crippen LogP contribution in [0.15, 0.2) is 16.7 Å². The van der Waals surface area contributed by atoms with Gasteiger partial charge < -0.3 is 19.2 Å². The van der Waals surface area contributed by atoms with Gasteiger partial charge in [-0.15, -0.1) is 0 Å². The van der Waals surface area contributed by atoms with Crippen molar-refractivity contribution < 1.29 is 18.7 Å². The predicted molar refractivity (Wildman–Crippen MR) is 67.5 cm³/mol. The van der Waals surface area contributed by atoms with Crippen LogP contribution in [-0.4, -0.2) is 32.8 Å². The summed E-state index contributed by atoms with van der Waals surface area (Å²) in [6.45, 7) is 5.14. The third-order valence-electron chi connectivity index (χ3n) is 2.36. The summed E-state index contributed by atoms with van der Waals surface area (Å²) in [6.07, 6.45) is 3.42. The van der Waals surface area contributed by atoms with E-state index in [9.17, 15) is 4.79 Å². The Bertz CT molecular complexity index is 349. The lowest BCUT2D eigenvalue weighted by Gasteiger charge is -2.03. The summed E-state index contributed by atoms with van der Waals surface area (Å²) in [5, 5.41) is 3.22. The van der Waals surface area contributed by atoms with Crippen LogP contribution < -0.4 is 5.32 Å². The van der Waals surface area contributed by atoms with Crippen LogP contribution in [0, 0.1) is 0 Å². The normalized spacial score (nSPS) is 10.6. The fourth-order valence-corrected chi connectivity index (χ4v) is 1.46. The van der Waals surface area contributed by atoms with E-state index in [-0.39, 0.29) is 5.97 Å². The number of esters is 1. The molecule has 0 aliphatic heterocycles. The first-order valence-corrected chi connectivity index (χ1v) is 6.22. The fraction of sp³-hybridized carbons (Fsp3) is 0.615. The van der Waals surface area contributed by atoms with E-state index in [2.05, 4.69) is 17.0 Å². The van der Waals surface area contributed by atoms with Gasteiger partial charge in [0.25, 0.3) is 0 Å². The fourth-order valence-electron chi connectivity index (χ4n) is 1.46. The molecule has 18 heavy (non-hydrogen) atoms. The van der Waals surface area contributed by atoms with E-state index in [1.807, 2.05) is 0 Å². The van der Waals surface area contributed by atoms with Crippen molar-refractivity contribution in [1.29, 1.82) is 0 Å². The van der Waals surface area contributed by atoms with Crippen LogP contribution in [0.5, 0.6) is 0 Å². The first-order valence-electron chi connectivity index (χ1n) is 6.22. The molecule has 0 atom stereocenters. The van der Waals surface area contributed by atoms with Crippen molar-refractivity contribution in [3.05, 3.63) is 23.7 Å². The molecule has 5 nitrogen and oxygen atoms in total. The Morgan fingerprint density at radius 3 is 3.00 bits per heavy atom. The van der Waals surface area contributed by atoms with Gasteiger partial charge >= 0.3 is 5.97 Å². The molecule has 0 spiro atoms. The molecule has 1 heterocycles. The van der Waals surface area contributed by atoms with Crippen molar-refractivity contribution >= 4 is 5.97 Å². The Labute approximate surface area is 107 Å². The second-order valence-corrected chi connectivity index (χ2v) is 3.94. The molecule has 0 saturated heterocycles. The first kappa shape index (κ1) is 14.7. The summed E-state index contributed by atoms with van der Waals surface area (Å²) in [5.41, 5.74) is 0.445. The van der Waals surface area contributed by atoms with E-state index in [1.165, 1.54) is 13.4 Å². The van der Waals surface area contributed by atoms with Gasteiger partial charge in [-0.2, -0.15) is 0 Å². The Hall–Kier alpha value is -1.33. The van der Waals surface area contributed by atoms with Gasteiger partial charge in [0.15, 0.2) is 0 Å². The van der Waals surface area contributed by atoms with Crippen LogP contribution in [0.25, 0.3) is 0 Å². The first-order chi connectivity index (χ1) is 8.77. The number of furan rings is 1. The minimum Gasteiger partial charge on any atom is -0.467 e. The van der Waals surface area contributed by atoms with Crippen LogP contribution >= 0.6 is 0 Å². The largest absolute Gasteiger partial charge is 0.467 e. The lowest BCUT2D eigenvalue weighted by molar-refractivity contribution is 0.0600. The molecule has 1 aromatic rings. The monoisotopic (exact) mass is 255 g/mol. The molecule has 5 heteroatoms. The number of carbonyl (C=O) groups excluding carboxylic acids is 1. The van der Waals surface area contributed by atoms with E-state index in [1.54, 1.807) is 6.07 Å². The quantitative estimate of drug-likeness (QED) is 0.540. The number of rotatable bonds is 9. The minimum atomic E-state index is -0.377. The molecule has 1 rings (SSSR count). The summed E-state index contributed by atoms with van der Waals surface area (Å²) in [6, 6.07) is 1.69. The second-order valence-electron chi connectivity index (χ2n) is 3.94. The van der Waals surface area contributed by atoms with E-state index in [0.29, 0.717) is 12.1 Å². The highest BCUT2D eigenvalue weighted by Gasteiger charge is 2.09. The molecule has 102 valence electrons. The lowest BCUT2D eigenvalue weighted by atomic mass is 10.3. The average molecular weight is 255 g/mol. The van der Waals surface area contributed by atoms with Gasteiger partial charge in [0.1, 0.15) is 12.0 Å². The minimum absolute atomic E-state index is 0.377. The third kappa shape index (κ3) is 5.33. The molecule has 0 unspecified atom stereocenters. The maximum absolute atomic E-state index is 11.2. The molecular weight excluding hydrogens is 234 g/mol. The molecule has 0 aliphatic rings. The maximum atomic E-state index is 11.2. The van der Waals surface area contributed by atoms with E-state index in [0.717, 1.165) is 38.4 Å². The van der Waals surface area contributed by atoms with Gasteiger partial charge in [0.2, 0.25) is 0 Å². The molecule has 0 fully saturated rings. The molecule has 1 aromatic heterocycles. The van der Waals surface area contributed by atoms with Crippen molar-refractivity contribution in [2.75, 3.05) is 26.9 Å². The van der Waals surface area contributed by atoms with Crippen molar-refractivity contribution in [1.82, 2.24) is 5.32 Å². The van der Waals surface area contributed by atoms with Gasteiger partial charge in [-0.25, -0.2) is 4.79 Å². The number of nitrogens with one attached hydrogen (secondary N) is 1. The second kappa shape index (κ2) is 8.72. The Morgan fingerprint density at radius 1 is 1.44 bits per heavy atom. The molecule has 0 radical (unpaired) electrons. The zero-order valence-corrected chi connectivity index (χ0v) is 11.0. The Kier molecular flexibility index (Phi) is 7.13. The highest BCUT2D eigenvalue weighted by atomic mass is 16.5. The van der Waals surface area contributed by atoms with E-state index >= 15 is 0 Å². The lowest BCUT2D eigenvalue weighted by Crippen LogP contribution is -2.16. The van der Waals surface area contributed by atoms with Crippen LogP contribution in [0.2, 0.25) is 0 Å². The molecule has 0 bridgehead atoms. The van der Waals surface area contributed by atoms with Crippen LogP contribution in [-0.2, 0) is 16.0 Å². The molecular formula is C13H21NO4. The Morgan fingerprint density at radius 2 is 2.28 bits per heavy atom. The zero-order chi connectivity index (χ0) is 13.2. The van der Waals surface area contributed by atoms with Gasteiger partial charge in [0, 0.05) is 13.2 Å². The van der Waals surface area contributed by atoms with Crippen molar-refractivity contribution in [2.24, 2.45) is 0 Å². The SMILES string of the molecule is CCCOCCCNCc1cc(C(=O)OC)co1. The smallest absolute Gasteiger partial charge is 0.341 e. The number of methoxy groups -OCH3 is 1. The summed E-state index contributed by atoms with van der Waals surface area (Å²) in [5.74, 6) is 0.350. The summed E-state index contributed by atoms with van der Waals surface area (Å²) in [4.78, 5) is 11.2. The van der Waals surface area contributed by atoms with Gasteiger partial charge in [-0.1, -0.05) is 6.92 Å². The van der Waals surface area contributed by atoms with Gasteiger partial charge in [-0.3, -0.25) is 0 Å². The summed E-state index contributed by atoms with van der Waals surface area (Å²) < 4.78 is 15.2. The van der Waals surface area contributed by atoms with Crippen molar-refractivity contribution in [3.8, 4) is 0 Å². The number of hydrogen-bond donors (Lipinski definition) is 1. The summed E-state index contributed by atoms with van der Waals surface area (Å²) >= 11 is 0. The number of carbonyl (C=O) groups is 1. The Balaban J connectivity index is 2.12. The van der Waals surface area contributed by atoms with Crippen molar-refractivity contribution in [2.45, 2.75) is 26.3 Å². The zero-order valence-electron chi connectivity index (χ0n) is 11.0. The molecule has 0 amide bonds. The van der Waals surface area contributed by atoms with E-state index in [4.69, 9.17) is 9.15 Å². The van der Waals surface area contributed by atoms with Gasteiger partial charge in [0.05, 0.1) is 19.2 Å². The van der Waals surface area contributed by atoms with Crippen molar-refractivity contribution in [3.63, 3.8) is 0 Å². The highest BCUT2D eigenvalue weighted by Crippen LogP contribution is 2.08. The molecule has 0 aliphatic carbocycles. The predicted octanol–water partition coefficient (Wildman–Crippen LogP) is 1.97. The standard InChI is InChI=1S/C13H21NO4/c1-3-6-17-7-4-5-14-9-12-8-11(10-18-12)13(15)16-2/h8,10,14H,3-7,9H2,1-2H3. The summed E-state index contributed by atoms with van der Waals surface area (Å²) in [7, 11) is 1.35. The van der Waals surface area contributed by atoms with Crippen LogP contribution in [0.3, 0.4) is 0 Å². The highest BCUT2D eigenvalue weighted by molar-refractivity contribution is 5.88.